The summed E-state index contributed by atoms with van der Waals surface area (Å²) in [6, 6.07) is 12.0. The van der Waals surface area contributed by atoms with Crippen LogP contribution in [0.15, 0.2) is 42.5 Å². The van der Waals surface area contributed by atoms with E-state index >= 15 is 0 Å². The highest BCUT2D eigenvalue weighted by molar-refractivity contribution is 6.22. The van der Waals surface area contributed by atoms with E-state index in [2.05, 4.69) is 10.2 Å². The lowest BCUT2D eigenvalue weighted by Crippen LogP contribution is -2.36. The molecule has 0 spiro atoms. The smallest absolute Gasteiger partial charge is 0.261 e. The summed E-state index contributed by atoms with van der Waals surface area (Å²) in [7, 11) is 3.07. The van der Waals surface area contributed by atoms with Crippen molar-refractivity contribution < 1.29 is 28.7 Å². The van der Waals surface area contributed by atoms with Crippen LogP contribution in [-0.4, -0.2) is 93.6 Å². The Labute approximate surface area is 209 Å². The van der Waals surface area contributed by atoms with Crippen molar-refractivity contribution in [3.63, 3.8) is 0 Å². The molecule has 2 heterocycles. The van der Waals surface area contributed by atoms with Gasteiger partial charge in [0.2, 0.25) is 5.91 Å². The number of ether oxygens (including phenoxy) is 2. The number of hydrogen-bond acceptors (Lipinski definition) is 7. The number of nitrogens with zero attached hydrogens (tertiary/aromatic N) is 3. The zero-order valence-corrected chi connectivity index (χ0v) is 20.5. The molecule has 2 aliphatic heterocycles. The minimum absolute atomic E-state index is 0.169. The average Bonchev–Trinajstić information content (AvgIpc) is 3.13. The van der Waals surface area contributed by atoms with Crippen molar-refractivity contribution in [1.82, 2.24) is 9.80 Å². The van der Waals surface area contributed by atoms with Gasteiger partial charge in [-0.2, -0.15) is 0 Å². The average molecular weight is 495 g/mol. The van der Waals surface area contributed by atoms with Gasteiger partial charge in [0, 0.05) is 57.3 Å². The molecule has 10 heteroatoms. The Morgan fingerprint density at radius 1 is 1.03 bits per heavy atom. The molecule has 0 atom stereocenters. The van der Waals surface area contributed by atoms with E-state index in [9.17, 15) is 19.2 Å². The predicted molar refractivity (Wildman–Crippen MR) is 133 cm³/mol. The van der Waals surface area contributed by atoms with Crippen LogP contribution in [-0.2, 0) is 14.3 Å². The summed E-state index contributed by atoms with van der Waals surface area (Å²) in [5.41, 5.74) is 2.40. The molecule has 1 N–H and O–H groups in total. The summed E-state index contributed by atoms with van der Waals surface area (Å²) in [5.74, 6) is -1.57. The summed E-state index contributed by atoms with van der Waals surface area (Å²) in [4.78, 5) is 55.4. The number of nitrogens with one attached hydrogen (secondary N) is 1. The maximum atomic E-state index is 12.9. The van der Waals surface area contributed by atoms with Crippen LogP contribution in [0, 0.1) is 0 Å². The van der Waals surface area contributed by atoms with E-state index in [-0.39, 0.29) is 41.6 Å². The number of likely N-dealkylation sites (N-methyl/N-ethyl adjacent to an activating group) is 1. The van der Waals surface area contributed by atoms with Crippen LogP contribution in [0.4, 0.5) is 11.4 Å². The minimum Gasteiger partial charge on any atom is -0.385 e. The van der Waals surface area contributed by atoms with Gasteiger partial charge in [0.1, 0.15) is 0 Å². The number of morpholine rings is 1. The molecule has 4 amide bonds. The van der Waals surface area contributed by atoms with Gasteiger partial charge in [-0.1, -0.05) is 0 Å². The van der Waals surface area contributed by atoms with Crippen molar-refractivity contribution >= 4 is 35.0 Å². The van der Waals surface area contributed by atoms with Crippen LogP contribution >= 0.6 is 0 Å². The Kier molecular flexibility index (Phi) is 7.97. The van der Waals surface area contributed by atoms with Crippen LogP contribution in [0.5, 0.6) is 0 Å². The second kappa shape index (κ2) is 11.3. The number of carbonyl (C=O) groups is 4. The van der Waals surface area contributed by atoms with Gasteiger partial charge in [0.25, 0.3) is 17.7 Å². The Balaban J connectivity index is 1.34. The Morgan fingerprint density at radius 3 is 2.42 bits per heavy atom. The van der Waals surface area contributed by atoms with Crippen molar-refractivity contribution in [2.24, 2.45) is 0 Å². The molecular weight excluding hydrogens is 464 g/mol. The maximum absolute atomic E-state index is 12.9. The molecule has 190 valence electrons. The van der Waals surface area contributed by atoms with Crippen LogP contribution in [0.3, 0.4) is 0 Å². The predicted octanol–water partition coefficient (Wildman–Crippen LogP) is 1.87. The highest BCUT2D eigenvalue weighted by Gasteiger charge is 2.35. The molecule has 0 aromatic heterocycles. The van der Waals surface area contributed by atoms with Gasteiger partial charge in [-0.25, -0.2) is 0 Å². The number of benzene rings is 2. The normalized spacial score (nSPS) is 15.2. The third-order valence-electron chi connectivity index (χ3n) is 6.20. The molecule has 0 saturated carbocycles. The van der Waals surface area contributed by atoms with Crippen molar-refractivity contribution in [3.8, 4) is 0 Å². The number of imide groups is 1. The van der Waals surface area contributed by atoms with E-state index in [4.69, 9.17) is 9.47 Å². The molecule has 1 saturated heterocycles. The van der Waals surface area contributed by atoms with Crippen LogP contribution in [0.25, 0.3) is 0 Å². The fourth-order valence-electron chi connectivity index (χ4n) is 4.28. The molecule has 0 aliphatic carbocycles. The lowest BCUT2D eigenvalue weighted by molar-refractivity contribution is -0.116. The largest absolute Gasteiger partial charge is 0.385 e. The van der Waals surface area contributed by atoms with E-state index in [1.165, 1.54) is 35.0 Å². The molecule has 36 heavy (non-hydrogen) atoms. The van der Waals surface area contributed by atoms with Gasteiger partial charge >= 0.3 is 0 Å². The Morgan fingerprint density at radius 2 is 1.72 bits per heavy atom. The number of anilines is 2. The zero-order chi connectivity index (χ0) is 25.7. The lowest BCUT2D eigenvalue weighted by Gasteiger charge is -2.28. The summed E-state index contributed by atoms with van der Waals surface area (Å²) in [6.45, 7) is 3.55. The summed E-state index contributed by atoms with van der Waals surface area (Å²) >= 11 is 0. The lowest BCUT2D eigenvalue weighted by atomic mass is 10.0. The summed E-state index contributed by atoms with van der Waals surface area (Å²) < 4.78 is 10.4. The summed E-state index contributed by atoms with van der Waals surface area (Å²) in [5, 5.41) is 2.80. The number of rotatable bonds is 9. The second-order valence-electron chi connectivity index (χ2n) is 8.72. The standard InChI is InChI=1S/C26H30N4O6/c1-28(17-23(31)27-19-5-7-20(8-6-19)29-11-14-36-15-12-29)24(32)18-4-9-21-22(16-18)26(34)30(25(21)33)10-3-13-35-2/h4-9,16H,3,10-15,17H2,1-2H3,(H,27,31). The third-order valence-corrected chi connectivity index (χ3v) is 6.20. The van der Waals surface area contributed by atoms with Crippen molar-refractivity contribution in [3.05, 3.63) is 59.2 Å². The van der Waals surface area contributed by atoms with Crippen molar-refractivity contribution in [2.45, 2.75) is 6.42 Å². The van der Waals surface area contributed by atoms with E-state index in [0.717, 1.165) is 18.8 Å². The number of carbonyl (C=O) groups excluding carboxylic acids is 4. The first-order chi connectivity index (χ1) is 17.4. The molecule has 0 unspecified atom stereocenters. The molecule has 0 radical (unpaired) electrons. The molecule has 0 bridgehead atoms. The van der Waals surface area contributed by atoms with Gasteiger partial charge in [0.15, 0.2) is 0 Å². The first kappa shape index (κ1) is 25.3. The molecular formula is C26H30N4O6. The van der Waals surface area contributed by atoms with E-state index < -0.39 is 11.8 Å². The Hall–Kier alpha value is -3.76. The first-order valence-electron chi connectivity index (χ1n) is 11.9. The van der Waals surface area contributed by atoms with Gasteiger partial charge in [-0.05, 0) is 48.9 Å². The monoisotopic (exact) mass is 494 g/mol. The van der Waals surface area contributed by atoms with E-state index in [0.29, 0.717) is 31.9 Å². The topological polar surface area (TPSA) is 108 Å². The summed E-state index contributed by atoms with van der Waals surface area (Å²) in [6.07, 6.45) is 0.529. The van der Waals surface area contributed by atoms with E-state index in [1.54, 1.807) is 7.11 Å². The van der Waals surface area contributed by atoms with Crippen molar-refractivity contribution in [2.75, 3.05) is 70.4 Å². The molecule has 2 aromatic rings. The molecule has 4 rings (SSSR count). The van der Waals surface area contributed by atoms with Gasteiger partial charge in [-0.15, -0.1) is 0 Å². The maximum Gasteiger partial charge on any atom is 0.261 e. The van der Waals surface area contributed by atoms with E-state index in [1.807, 2.05) is 24.3 Å². The number of amides is 4. The quantitative estimate of drug-likeness (QED) is 0.419. The zero-order valence-electron chi connectivity index (χ0n) is 20.5. The number of methoxy groups -OCH3 is 1. The molecule has 2 aliphatic rings. The highest BCUT2D eigenvalue weighted by atomic mass is 16.5. The molecule has 1 fully saturated rings. The second-order valence-corrected chi connectivity index (χ2v) is 8.72. The van der Waals surface area contributed by atoms with Gasteiger partial charge in [0.05, 0.1) is 30.9 Å². The fraction of sp³-hybridized carbons (Fsp3) is 0.385. The minimum atomic E-state index is -0.429. The fourth-order valence-corrected chi connectivity index (χ4v) is 4.28. The Bertz CT molecular complexity index is 1140. The van der Waals surface area contributed by atoms with Gasteiger partial charge in [-0.3, -0.25) is 24.1 Å². The molecule has 10 nitrogen and oxygen atoms in total. The van der Waals surface area contributed by atoms with Gasteiger partial charge < -0.3 is 24.6 Å². The third kappa shape index (κ3) is 5.55. The van der Waals surface area contributed by atoms with Crippen LogP contribution in [0.1, 0.15) is 37.5 Å². The first-order valence-corrected chi connectivity index (χ1v) is 11.9. The SMILES string of the molecule is COCCCN1C(=O)c2ccc(C(=O)N(C)CC(=O)Nc3ccc(N4CCOCC4)cc3)cc2C1=O. The number of fused-ring (bicyclic) bond motifs is 1. The van der Waals surface area contributed by atoms with Crippen LogP contribution in [0.2, 0.25) is 0 Å². The molecule has 2 aromatic carbocycles. The van der Waals surface area contributed by atoms with Crippen LogP contribution < -0.4 is 10.2 Å². The van der Waals surface area contributed by atoms with Crippen molar-refractivity contribution in [1.29, 1.82) is 0 Å². The highest BCUT2D eigenvalue weighted by Crippen LogP contribution is 2.25. The number of hydrogen-bond donors (Lipinski definition) is 1.